The van der Waals surface area contributed by atoms with Crippen LogP contribution in [0.3, 0.4) is 0 Å². The summed E-state index contributed by atoms with van der Waals surface area (Å²) in [6, 6.07) is 13.7. The number of aliphatic hydroxyl groups excluding tert-OH is 1. The quantitative estimate of drug-likeness (QED) is 0.767. The molecule has 1 atom stereocenters. The number of benzene rings is 2. The fraction of sp³-hybridized carbons (Fsp3) is 0.235. The highest BCUT2D eigenvalue weighted by Gasteiger charge is 2.10. The fourth-order valence-electron chi connectivity index (χ4n) is 2.05. The normalized spacial score (nSPS) is 11.9. The second-order valence-electron chi connectivity index (χ2n) is 5.04. The van der Waals surface area contributed by atoms with E-state index >= 15 is 0 Å². The van der Waals surface area contributed by atoms with Gasteiger partial charge in [-0.3, -0.25) is 4.79 Å². The molecule has 0 bridgehead atoms. The molecule has 0 aliphatic carbocycles. The van der Waals surface area contributed by atoms with E-state index < -0.39 is 6.10 Å². The van der Waals surface area contributed by atoms with Crippen molar-refractivity contribution in [3.05, 3.63) is 64.7 Å². The topological polar surface area (TPSA) is 69.6 Å². The van der Waals surface area contributed by atoms with E-state index in [1.165, 1.54) is 0 Å². The molecule has 0 aliphatic rings. The van der Waals surface area contributed by atoms with Crippen molar-refractivity contribution in [1.82, 2.24) is 5.32 Å². The number of hydrogen-bond acceptors (Lipinski definition) is 3. The van der Waals surface area contributed by atoms with Crippen molar-refractivity contribution in [2.24, 2.45) is 0 Å². The number of halogens is 1. The van der Waals surface area contributed by atoms with Crippen LogP contribution in [-0.2, 0) is 11.2 Å². The van der Waals surface area contributed by atoms with Crippen LogP contribution in [0, 0.1) is 0 Å². The van der Waals surface area contributed by atoms with Crippen molar-refractivity contribution in [2.45, 2.75) is 18.9 Å². The minimum atomic E-state index is -0.781. The third-order valence-corrected chi connectivity index (χ3v) is 3.54. The SMILES string of the molecule is O=C(CCc1ccc(O)cc1)NCC(O)c1cccc(Cl)c1. The zero-order chi connectivity index (χ0) is 15.9. The molecule has 22 heavy (non-hydrogen) atoms. The Morgan fingerprint density at radius 2 is 1.91 bits per heavy atom. The van der Waals surface area contributed by atoms with Gasteiger partial charge in [-0.2, -0.15) is 0 Å². The van der Waals surface area contributed by atoms with Crippen LogP contribution in [0.4, 0.5) is 0 Å². The molecule has 116 valence electrons. The third-order valence-electron chi connectivity index (χ3n) is 3.30. The Labute approximate surface area is 134 Å². The summed E-state index contributed by atoms with van der Waals surface area (Å²) in [5.74, 6) is 0.0759. The molecule has 1 amide bonds. The number of phenolic OH excluding ortho intramolecular Hbond substituents is 1. The first-order valence-electron chi connectivity index (χ1n) is 7.03. The molecule has 2 aromatic carbocycles. The lowest BCUT2D eigenvalue weighted by Gasteiger charge is -2.12. The van der Waals surface area contributed by atoms with E-state index in [0.717, 1.165) is 5.56 Å². The van der Waals surface area contributed by atoms with Crippen molar-refractivity contribution in [3.63, 3.8) is 0 Å². The number of amides is 1. The Morgan fingerprint density at radius 3 is 2.59 bits per heavy atom. The van der Waals surface area contributed by atoms with Gasteiger partial charge in [0.05, 0.1) is 6.10 Å². The molecule has 0 saturated carbocycles. The standard InChI is InChI=1S/C17H18ClNO3/c18-14-3-1-2-13(10-14)16(21)11-19-17(22)9-6-12-4-7-15(20)8-5-12/h1-5,7-8,10,16,20-21H,6,9,11H2,(H,19,22). The summed E-state index contributed by atoms with van der Waals surface area (Å²) in [7, 11) is 0. The van der Waals surface area contributed by atoms with Crippen LogP contribution in [0.5, 0.6) is 5.75 Å². The lowest BCUT2D eigenvalue weighted by molar-refractivity contribution is -0.121. The molecular formula is C17H18ClNO3. The van der Waals surface area contributed by atoms with E-state index in [1.807, 2.05) is 0 Å². The van der Waals surface area contributed by atoms with E-state index in [-0.39, 0.29) is 18.2 Å². The summed E-state index contributed by atoms with van der Waals surface area (Å²) in [5.41, 5.74) is 1.65. The maximum atomic E-state index is 11.8. The highest BCUT2D eigenvalue weighted by atomic mass is 35.5. The third kappa shape index (κ3) is 5.06. The number of carbonyl (C=O) groups excluding carboxylic acids is 1. The van der Waals surface area contributed by atoms with Gasteiger partial charge in [0.2, 0.25) is 5.91 Å². The molecule has 0 aliphatic heterocycles. The van der Waals surface area contributed by atoms with Gasteiger partial charge in [0, 0.05) is 18.0 Å². The average molecular weight is 320 g/mol. The second-order valence-corrected chi connectivity index (χ2v) is 5.48. The van der Waals surface area contributed by atoms with Crippen LogP contribution in [0.2, 0.25) is 5.02 Å². The fourth-order valence-corrected chi connectivity index (χ4v) is 2.25. The Kier molecular flexibility index (Phi) is 5.81. The zero-order valence-electron chi connectivity index (χ0n) is 12.0. The van der Waals surface area contributed by atoms with Gasteiger partial charge < -0.3 is 15.5 Å². The largest absolute Gasteiger partial charge is 0.508 e. The van der Waals surface area contributed by atoms with Crippen molar-refractivity contribution >= 4 is 17.5 Å². The second kappa shape index (κ2) is 7.82. The van der Waals surface area contributed by atoms with Crippen LogP contribution in [0.1, 0.15) is 23.7 Å². The summed E-state index contributed by atoms with van der Waals surface area (Å²) < 4.78 is 0. The minimum Gasteiger partial charge on any atom is -0.508 e. The predicted octanol–water partition coefficient (Wildman–Crippen LogP) is 2.83. The van der Waals surface area contributed by atoms with Gasteiger partial charge in [-0.1, -0.05) is 35.9 Å². The van der Waals surface area contributed by atoms with E-state index in [0.29, 0.717) is 23.4 Å². The summed E-state index contributed by atoms with van der Waals surface area (Å²) in [4.78, 5) is 11.8. The summed E-state index contributed by atoms with van der Waals surface area (Å²) >= 11 is 5.86. The zero-order valence-corrected chi connectivity index (χ0v) is 12.8. The number of hydrogen-bond donors (Lipinski definition) is 3. The molecule has 2 aromatic rings. The Bertz CT molecular complexity index is 628. The molecular weight excluding hydrogens is 302 g/mol. The molecule has 5 heteroatoms. The molecule has 0 aromatic heterocycles. The van der Waals surface area contributed by atoms with E-state index in [9.17, 15) is 15.0 Å². The first-order valence-corrected chi connectivity index (χ1v) is 7.40. The highest BCUT2D eigenvalue weighted by molar-refractivity contribution is 6.30. The van der Waals surface area contributed by atoms with Crippen LogP contribution < -0.4 is 5.32 Å². The number of aromatic hydroxyl groups is 1. The van der Waals surface area contributed by atoms with Gasteiger partial charge >= 0.3 is 0 Å². The summed E-state index contributed by atoms with van der Waals surface area (Å²) in [6.07, 6.45) is 0.128. The molecule has 0 radical (unpaired) electrons. The number of aliphatic hydroxyl groups is 1. The van der Waals surface area contributed by atoms with Crippen LogP contribution >= 0.6 is 11.6 Å². The van der Waals surface area contributed by atoms with Crippen LogP contribution in [-0.4, -0.2) is 22.7 Å². The molecule has 0 heterocycles. The molecule has 1 unspecified atom stereocenters. The molecule has 4 nitrogen and oxygen atoms in total. The molecule has 0 fully saturated rings. The average Bonchev–Trinajstić information content (AvgIpc) is 2.52. The van der Waals surface area contributed by atoms with E-state index in [4.69, 9.17) is 11.6 Å². The van der Waals surface area contributed by atoms with Gasteiger partial charge in [0.15, 0.2) is 0 Å². The monoisotopic (exact) mass is 319 g/mol. The number of carbonyl (C=O) groups is 1. The molecule has 0 spiro atoms. The number of phenols is 1. The van der Waals surface area contributed by atoms with E-state index in [2.05, 4.69) is 5.32 Å². The highest BCUT2D eigenvalue weighted by Crippen LogP contribution is 2.17. The summed E-state index contributed by atoms with van der Waals surface area (Å²) in [5, 5.41) is 22.5. The van der Waals surface area contributed by atoms with Gasteiger partial charge in [-0.25, -0.2) is 0 Å². The van der Waals surface area contributed by atoms with Crippen LogP contribution in [0.25, 0.3) is 0 Å². The summed E-state index contributed by atoms with van der Waals surface area (Å²) in [6.45, 7) is 0.148. The van der Waals surface area contributed by atoms with Gasteiger partial charge in [0.1, 0.15) is 5.75 Å². The molecule has 2 rings (SSSR count). The predicted molar refractivity (Wildman–Crippen MR) is 85.8 cm³/mol. The maximum Gasteiger partial charge on any atom is 0.220 e. The molecule has 3 N–H and O–H groups in total. The number of aryl methyl sites for hydroxylation is 1. The van der Waals surface area contributed by atoms with Gasteiger partial charge in [0.25, 0.3) is 0 Å². The van der Waals surface area contributed by atoms with Crippen molar-refractivity contribution in [2.75, 3.05) is 6.54 Å². The van der Waals surface area contributed by atoms with E-state index in [1.54, 1.807) is 48.5 Å². The smallest absolute Gasteiger partial charge is 0.220 e. The number of rotatable bonds is 6. The van der Waals surface area contributed by atoms with Crippen LogP contribution in [0.15, 0.2) is 48.5 Å². The lowest BCUT2D eigenvalue weighted by atomic mass is 10.1. The van der Waals surface area contributed by atoms with Crippen molar-refractivity contribution in [1.29, 1.82) is 0 Å². The van der Waals surface area contributed by atoms with Crippen molar-refractivity contribution < 1.29 is 15.0 Å². The Balaban J connectivity index is 1.76. The van der Waals surface area contributed by atoms with Crippen molar-refractivity contribution in [3.8, 4) is 5.75 Å². The lowest BCUT2D eigenvalue weighted by Crippen LogP contribution is -2.28. The number of nitrogens with one attached hydrogen (secondary N) is 1. The minimum absolute atomic E-state index is 0.130. The maximum absolute atomic E-state index is 11.8. The first kappa shape index (κ1) is 16.3. The Morgan fingerprint density at radius 1 is 1.18 bits per heavy atom. The first-order chi connectivity index (χ1) is 10.5. The van der Waals surface area contributed by atoms with Gasteiger partial charge in [-0.15, -0.1) is 0 Å². The van der Waals surface area contributed by atoms with Gasteiger partial charge in [-0.05, 0) is 41.8 Å². The Hall–Kier alpha value is -2.04. The molecule has 0 saturated heterocycles.